The van der Waals surface area contributed by atoms with Gasteiger partial charge in [0, 0.05) is 50.4 Å². The number of hydrogen-bond donors (Lipinski definition) is 1. The summed E-state index contributed by atoms with van der Waals surface area (Å²) in [7, 11) is 6.17. The van der Waals surface area contributed by atoms with Gasteiger partial charge in [0.05, 0.1) is 6.61 Å². The Labute approximate surface area is 145 Å². The van der Waals surface area contributed by atoms with E-state index in [0.717, 1.165) is 56.4 Å². The molecular weight excluding hydrogens is 302 g/mol. The molecule has 1 aromatic rings. The zero-order valence-electron chi connectivity index (χ0n) is 15.5. The molecular formula is C18H31N5O. The van der Waals surface area contributed by atoms with Crippen molar-refractivity contribution in [3.05, 3.63) is 11.8 Å². The SMILES string of the molecule is CCc1cc(N2CC[C@@]3(CO)CCCN(C)[C@@H]3C2)nc(N(C)C)n1. The number of fused-ring (bicyclic) bond motifs is 1. The number of piperidine rings is 2. The lowest BCUT2D eigenvalue weighted by atomic mass is 9.69. The first-order valence-electron chi connectivity index (χ1n) is 9.10. The van der Waals surface area contributed by atoms with E-state index in [1.165, 1.54) is 6.42 Å². The monoisotopic (exact) mass is 333 g/mol. The van der Waals surface area contributed by atoms with Crippen LogP contribution in [0.5, 0.6) is 0 Å². The second-order valence-corrected chi connectivity index (χ2v) is 7.58. The number of aliphatic hydroxyl groups is 1. The fourth-order valence-corrected chi connectivity index (χ4v) is 4.24. The van der Waals surface area contributed by atoms with Gasteiger partial charge in [-0.1, -0.05) is 6.92 Å². The largest absolute Gasteiger partial charge is 0.396 e. The molecule has 2 saturated heterocycles. The molecule has 3 heterocycles. The van der Waals surface area contributed by atoms with Crippen LogP contribution in [-0.2, 0) is 6.42 Å². The molecule has 0 aromatic carbocycles. The average Bonchev–Trinajstić information content (AvgIpc) is 2.61. The van der Waals surface area contributed by atoms with Gasteiger partial charge in [-0.2, -0.15) is 4.98 Å². The van der Waals surface area contributed by atoms with Gasteiger partial charge in [-0.25, -0.2) is 4.98 Å². The Bertz CT molecular complexity index is 579. The fourth-order valence-electron chi connectivity index (χ4n) is 4.24. The summed E-state index contributed by atoms with van der Waals surface area (Å²) in [6.07, 6.45) is 4.26. The first-order valence-corrected chi connectivity index (χ1v) is 9.10. The Hall–Kier alpha value is -1.40. The number of aromatic nitrogens is 2. The van der Waals surface area contributed by atoms with Crippen molar-refractivity contribution in [3.63, 3.8) is 0 Å². The third-order valence-electron chi connectivity index (χ3n) is 5.85. The van der Waals surface area contributed by atoms with E-state index < -0.39 is 0 Å². The van der Waals surface area contributed by atoms with E-state index in [2.05, 4.69) is 34.8 Å². The molecule has 6 nitrogen and oxygen atoms in total. The maximum absolute atomic E-state index is 10.1. The van der Waals surface area contributed by atoms with E-state index in [1.807, 2.05) is 19.0 Å². The third kappa shape index (κ3) is 3.09. The molecule has 2 aliphatic rings. The predicted octanol–water partition coefficient (Wildman–Crippen LogP) is 1.39. The smallest absolute Gasteiger partial charge is 0.227 e. The molecule has 0 saturated carbocycles. The average molecular weight is 333 g/mol. The number of likely N-dealkylation sites (tertiary alicyclic amines) is 1. The van der Waals surface area contributed by atoms with E-state index in [0.29, 0.717) is 12.6 Å². The van der Waals surface area contributed by atoms with E-state index in [-0.39, 0.29) is 5.41 Å². The lowest BCUT2D eigenvalue weighted by Gasteiger charge is -2.53. The topological polar surface area (TPSA) is 55.7 Å². The molecule has 0 aliphatic carbocycles. The first kappa shape index (κ1) is 17.4. The summed E-state index contributed by atoms with van der Waals surface area (Å²) in [5.41, 5.74) is 1.15. The Kier molecular flexibility index (Phi) is 4.97. The number of anilines is 2. The van der Waals surface area contributed by atoms with E-state index in [4.69, 9.17) is 4.98 Å². The van der Waals surface area contributed by atoms with Crippen molar-refractivity contribution in [2.45, 2.75) is 38.6 Å². The molecule has 0 bridgehead atoms. The van der Waals surface area contributed by atoms with Crippen molar-refractivity contribution >= 4 is 11.8 Å². The second kappa shape index (κ2) is 6.84. The second-order valence-electron chi connectivity index (χ2n) is 7.58. The van der Waals surface area contributed by atoms with Crippen molar-refractivity contribution in [2.24, 2.45) is 5.41 Å². The molecule has 1 aromatic heterocycles. The van der Waals surface area contributed by atoms with Gasteiger partial charge in [0.15, 0.2) is 0 Å². The van der Waals surface area contributed by atoms with Crippen molar-refractivity contribution in [3.8, 4) is 0 Å². The lowest BCUT2D eigenvalue weighted by Crippen LogP contribution is -2.61. The van der Waals surface area contributed by atoms with Crippen molar-refractivity contribution in [2.75, 3.05) is 57.2 Å². The predicted molar refractivity (Wildman–Crippen MR) is 97.7 cm³/mol. The van der Waals surface area contributed by atoms with Gasteiger partial charge < -0.3 is 19.8 Å². The highest BCUT2D eigenvalue weighted by molar-refractivity contribution is 5.46. The molecule has 0 unspecified atom stereocenters. The van der Waals surface area contributed by atoms with Gasteiger partial charge in [-0.3, -0.25) is 0 Å². The Morgan fingerprint density at radius 2 is 2.08 bits per heavy atom. The zero-order valence-corrected chi connectivity index (χ0v) is 15.5. The van der Waals surface area contributed by atoms with Crippen LogP contribution < -0.4 is 9.80 Å². The van der Waals surface area contributed by atoms with Gasteiger partial charge in [-0.05, 0) is 39.3 Å². The van der Waals surface area contributed by atoms with Crippen LogP contribution in [0, 0.1) is 5.41 Å². The summed E-state index contributed by atoms with van der Waals surface area (Å²) < 4.78 is 0. The molecule has 0 radical (unpaired) electrons. The van der Waals surface area contributed by atoms with Crippen LogP contribution in [0.2, 0.25) is 0 Å². The van der Waals surface area contributed by atoms with Crippen molar-refractivity contribution in [1.82, 2.24) is 14.9 Å². The third-order valence-corrected chi connectivity index (χ3v) is 5.85. The molecule has 0 amide bonds. The number of hydrogen-bond acceptors (Lipinski definition) is 6. The lowest BCUT2D eigenvalue weighted by molar-refractivity contribution is -0.0277. The Morgan fingerprint density at radius 1 is 1.29 bits per heavy atom. The number of rotatable bonds is 4. The number of likely N-dealkylation sites (N-methyl/N-ethyl adjacent to an activating group) is 1. The maximum atomic E-state index is 10.1. The summed E-state index contributed by atoms with van der Waals surface area (Å²) >= 11 is 0. The van der Waals surface area contributed by atoms with Crippen LogP contribution in [0.15, 0.2) is 6.07 Å². The van der Waals surface area contributed by atoms with Crippen molar-refractivity contribution < 1.29 is 5.11 Å². The van der Waals surface area contributed by atoms with E-state index in [9.17, 15) is 5.11 Å². The van der Waals surface area contributed by atoms with Crippen LogP contribution in [0.3, 0.4) is 0 Å². The zero-order chi connectivity index (χ0) is 17.3. The summed E-state index contributed by atoms with van der Waals surface area (Å²) in [4.78, 5) is 16.2. The Morgan fingerprint density at radius 3 is 2.75 bits per heavy atom. The van der Waals surface area contributed by atoms with Crippen LogP contribution >= 0.6 is 0 Å². The van der Waals surface area contributed by atoms with Gasteiger partial charge in [-0.15, -0.1) is 0 Å². The summed E-state index contributed by atoms with van der Waals surface area (Å²) in [6.45, 7) is 5.44. The molecule has 2 aliphatic heterocycles. The Balaban J connectivity index is 1.88. The molecule has 134 valence electrons. The van der Waals surface area contributed by atoms with Crippen LogP contribution in [0.1, 0.15) is 31.9 Å². The van der Waals surface area contributed by atoms with E-state index in [1.54, 1.807) is 0 Å². The van der Waals surface area contributed by atoms with Gasteiger partial charge in [0.1, 0.15) is 5.82 Å². The van der Waals surface area contributed by atoms with Crippen molar-refractivity contribution in [1.29, 1.82) is 0 Å². The van der Waals surface area contributed by atoms with Crippen LogP contribution in [0.4, 0.5) is 11.8 Å². The standard InChI is InChI=1S/C18H31N5O/c1-5-14-11-16(20-17(19-14)21(2)3)23-10-8-18(13-24)7-6-9-22(4)15(18)12-23/h11,15,24H,5-10,12-13H2,1-4H3/t15-,18-/m1/s1. The molecule has 2 atom stereocenters. The van der Waals surface area contributed by atoms with E-state index >= 15 is 0 Å². The van der Waals surface area contributed by atoms with Crippen LogP contribution in [-0.4, -0.2) is 73.4 Å². The van der Waals surface area contributed by atoms with Gasteiger partial charge in [0.25, 0.3) is 0 Å². The van der Waals surface area contributed by atoms with Gasteiger partial charge in [0.2, 0.25) is 5.95 Å². The minimum atomic E-state index is 0.0640. The molecule has 6 heteroatoms. The fraction of sp³-hybridized carbons (Fsp3) is 0.778. The highest BCUT2D eigenvalue weighted by Crippen LogP contribution is 2.42. The molecule has 1 N–H and O–H groups in total. The first-order chi connectivity index (χ1) is 11.5. The molecule has 0 spiro atoms. The minimum Gasteiger partial charge on any atom is -0.396 e. The summed E-state index contributed by atoms with van der Waals surface area (Å²) in [6, 6.07) is 2.52. The molecule has 2 fully saturated rings. The summed E-state index contributed by atoms with van der Waals surface area (Å²) in [5, 5.41) is 10.1. The minimum absolute atomic E-state index is 0.0640. The highest BCUT2D eigenvalue weighted by atomic mass is 16.3. The number of aryl methyl sites for hydroxylation is 1. The summed E-state index contributed by atoms with van der Waals surface area (Å²) in [5.74, 6) is 1.80. The molecule has 3 rings (SSSR count). The molecule has 24 heavy (non-hydrogen) atoms. The normalized spacial score (nSPS) is 27.9. The van der Waals surface area contributed by atoms with Crippen LogP contribution in [0.25, 0.3) is 0 Å². The van der Waals surface area contributed by atoms with Gasteiger partial charge >= 0.3 is 0 Å². The number of nitrogens with zero attached hydrogens (tertiary/aromatic N) is 5. The quantitative estimate of drug-likeness (QED) is 0.899. The maximum Gasteiger partial charge on any atom is 0.227 e. The highest BCUT2D eigenvalue weighted by Gasteiger charge is 2.46. The number of aliphatic hydroxyl groups excluding tert-OH is 1.